The molecule has 0 fully saturated rings. The highest BCUT2D eigenvalue weighted by Gasteiger charge is 2.17. The number of ketones is 1. The van der Waals surface area contributed by atoms with Crippen LogP contribution in [0.1, 0.15) is 41.0 Å². The van der Waals surface area contributed by atoms with E-state index in [0.717, 1.165) is 19.4 Å². The number of carbonyl (C=O) groups excluding carboxylic acids is 1. The first-order valence-corrected chi connectivity index (χ1v) is 9.83. The summed E-state index contributed by atoms with van der Waals surface area (Å²) in [6, 6.07) is 3.48. The minimum atomic E-state index is -1.82. The molecule has 0 aliphatic heterocycles. The number of carbonyl (C=O) groups is 3. The Labute approximate surface area is 173 Å². The van der Waals surface area contributed by atoms with E-state index in [1.165, 1.54) is 24.2 Å². The smallest absolute Gasteiger partial charge is 0.414 e. The van der Waals surface area contributed by atoms with E-state index in [1.54, 1.807) is 29.9 Å². The highest BCUT2D eigenvalue weighted by molar-refractivity contribution is 7.11. The van der Waals surface area contributed by atoms with Crippen molar-refractivity contribution in [1.29, 1.82) is 0 Å². The van der Waals surface area contributed by atoms with Gasteiger partial charge < -0.3 is 19.8 Å². The van der Waals surface area contributed by atoms with E-state index in [2.05, 4.69) is 29.0 Å². The molecule has 0 saturated carbocycles. The summed E-state index contributed by atoms with van der Waals surface area (Å²) in [5.74, 6) is -3.37. The molecule has 29 heavy (non-hydrogen) atoms. The number of aliphatic carboxylic acids is 2. The molecule has 0 amide bonds. The molecule has 0 spiro atoms. The van der Waals surface area contributed by atoms with Gasteiger partial charge >= 0.3 is 11.9 Å². The van der Waals surface area contributed by atoms with Gasteiger partial charge in [-0.05, 0) is 45.6 Å². The summed E-state index contributed by atoms with van der Waals surface area (Å²) >= 11 is 1.33. The van der Waals surface area contributed by atoms with Gasteiger partial charge in [-0.2, -0.15) is 0 Å². The molecule has 2 aromatic heterocycles. The lowest BCUT2D eigenvalue weighted by Crippen LogP contribution is -2.12. The van der Waals surface area contributed by atoms with Crippen LogP contribution in [-0.2, 0) is 9.59 Å². The zero-order valence-corrected chi connectivity index (χ0v) is 17.2. The third-order valence-electron chi connectivity index (χ3n) is 3.56. The molecule has 10 heteroatoms. The summed E-state index contributed by atoms with van der Waals surface area (Å²) in [7, 11) is 4.18. The molecular weight excluding hydrogens is 398 g/mol. The summed E-state index contributed by atoms with van der Waals surface area (Å²) in [6.45, 7) is 1.70. The topological polar surface area (TPSA) is 130 Å². The second kappa shape index (κ2) is 13.3. The van der Waals surface area contributed by atoms with E-state index in [-0.39, 0.29) is 5.78 Å². The van der Waals surface area contributed by atoms with Crippen molar-refractivity contribution in [3.8, 4) is 5.88 Å². The van der Waals surface area contributed by atoms with E-state index in [0.29, 0.717) is 23.1 Å². The van der Waals surface area contributed by atoms with Crippen LogP contribution < -0.4 is 4.74 Å². The summed E-state index contributed by atoms with van der Waals surface area (Å²) in [5.41, 5.74) is 0.482. The molecule has 0 saturated heterocycles. The standard InChI is InChI=1S/C17H23N3O2S.C2H2O4/c1-20(2)11-5-3-4-6-12-22-16-14(8-7-9-18-16)15(21)17-19-10-13-23-17;3-1(4)2(5)6/h7-10,13H,3-6,11-12H2,1-2H3;(H,3,4)(H,5,6). The number of hydrogen-bond acceptors (Lipinski definition) is 8. The zero-order chi connectivity index (χ0) is 21.6. The Morgan fingerprint density at radius 1 is 1.03 bits per heavy atom. The SMILES string of the molecule is CN(C)CCCCCCOc1ncccc1C(=O)c1nccs1.O=C(O)C(=O)O. The highest BCUT2D eigenvalue weighted by Crippen LogP contribution is 2.20. The molecule has 0 unspecified atom stereocenters. The summed E-state index contributed by atoms with van der Waals surface area (Å²) in [4.78, 5) is 41.0. The van der Waals surface area contributed by atoms with Crippen molar-refractivity contribution in [1.82, 2.24) is 14.9 Å². The van der Waals surface area contributed by atoms with Crippen LogP contribution in [0.3, 0.4) is 0 Å². The Bertz CT molecular complexity index is 768. The summed E-state index contributed by atoms with van der Waals surface area (Å²) < 4.78 is 5.72. The quantitative estimate of drug-likeness (QED) is 0.336. The first kappa shape index (κ1) is 24.2. The van der Waals surface area contributed by atoms with E-state index in [1.807, 2.05) is 0 Å². The van der Waals surface area contributed by atoms with E-state index in [9.17, 15) is 4.79 Å². The minimum Gasteiger partial charge on any atom is -0.477 e. The number of unbranched alkanes of at least 4 members (excludes halogenated alkanes) is 3. The van der Waals surface area contributed by atoms with Gasteiger partial charge in [0.2, 0.25) is 11.7 Å². The number of rotatable bonds is 10. The molecular formula is C19H25N3O6S. The molecule has 0 aliphatic carbocycles. The van der Waals surface area contributed by atoms with Gasteiger partial charge in [-0.1, -0.05) is 12.8 Å². The van der Waals surface area contributed by atoms with Crippen molar-refractivity contribution in [3.05, 3.63) is 40.5 Å². The predicted octanol–water partition coefficient (Wildman–Crippen LogP) is 2.43. The molecule has 0 radical (unpaired) electrons. The average molecular weight is 423 g/mol. The molecule has 0 bridgehead atoms. The van der Waals surface area contributed by atoms with Crippen molar-refractivity contribution in [2.24, 2.45) is 0 Å². The first-order chi connectivity index (χ1) is 13.8. The van der Waals surface area contributed by atoms with E-state index < -0.39 is 11.9 Å². The largest absolute Gasteiger partial charge is 0.477 e. The van der Waals surface area contributed by atoms with Gasteiger partial charge in [0, 0.05) is 17.8 Å². The Morgan fingerprint density at radius 2 is 1.72 bits per heavy atom. The van der Waals surface area contributed by atoms with Crippen LogP contribution in [0, 0.1) is 0 Å². The molecule has 2 aromatic rings. The fraction of sp³-hybridized carbons (Fsp3) is 0.421. The fourth-order valence-electron chi connectivity index (χ4n) is 2.18. The number of carboxylic acids is 2. The molecule has 2 N–H and O–H groups in total. The zero-order valence-electron chi connectivity index (χ0n) is 16.4. The maximum Gasteiger partial charge on any atom is 0.414 e. The molecule has 0 aromatic carbocycles. The number of aromatic nitrogens is 2. The number of ether oxygens (including phenoxy) is 1. The lowest BCUT2D eigenvalue weighted by molar-refractivity contribution is -0.159. The lowest BCUT2D eigenvalue weighted by atomic mass is 10.2. The Balaban J connectivity index is 0.000000612. The average Bonchev–Trinajstić information content (AvgIpc) is 3.22. The summed E-state index contributed by atoms with van der Waals surface area (Å²) in [6.07, 6.45) is 7.75. The minimum absolute atomic E-state index is 0.130. The molecule has 0 atom stereocenters. The van der Waals surface area contributed by atoms with Crippen LogP contribution in [-0.4, -0.2) is 70.0 Å². The van der Waals surface area contributed by atoms with Gasteiger partial charge in [0.05, 0.1) is 12.2 Å². The Hall–Kier alpha value is -2.85. The fourth-order valence-corrected chi connectivity index (χ4v) is 2.77. The second-order valence-corrected chi connectivity index (χ2v) is 7.09. The monoisotopic (exact) mass is 423 g/mol. The van der Waals surface area contributed by atoms with Crippen LogP contribution in [0.5, 0.6) is 5.88 Å². The lowest BCUT2D eigenvalue weighted by Gasteiger charge is -2.10. The van der Waals surface area contributed by atoms with Crippen LogP contribution in [0.4, 0.5) is 0 Å². The van der Waals surface area contributed by atoms with E-state index >= 15 is 0 Å². The van der Waals surface area contributed by atoms with E-state index in [4.69, 9.17) is 24.5 Å². The molecule has 2 heterocycles. The molecule has 158 valence electrons. The number of hydrogen-bond donors (Lipinski definition) is 2. The maximum atomic E-state index is 12.4. The molecule has 0 aliphatic rings. The second-order valence-electron chi connectivity index (χ2n) is 6.20. The van der Waals surface area contributed by atoms with Crippen LogP contribution in [0.2, 0.25) is 0 Å². The van der Waals surface area contributed by atoms with Gasteiger partial charge in [-0.25, -0.2) is 19.6 Å². The number of thiazole rings is 1. The third-order valence-corrected chi connectivity index (χ3v) is 4.34. The van der Waals surface area contributed by atoms with Crippen molar-refractivity contribution in [2.75, 3.05) is 27.2 Å². The van der Waals surface area contributed by atoms with Crippen LogP contribution in [0.15, 0.2) is 29.9 Å². The van der Waals surface area contributed by atoms with Crippen LogP contribution in [0.25, 0.3) is 0 Å². The van der Waals surface area contributed by atoms with Gasteiger partial charge in [0.15, 0.2) is 5.01 Å². The number of pyridine rings is 1. The maximum absolute atomic E-state index is 12.4. The van der Waals surface area contributed by atoms with Crippen molar-refractivity contribution in [3.63, 3.8) is 0 Å². The van der Waals surface area contributed by atoms with Crippen molar-refractivity contribution < 1.29 is 29.3 Å². The Morgan fingerprint density at radius 3 is 2.31 bits per heavy atom. The number of carboxylic acid groups (broad SMARTS) is 2. The van der Waals surface area contributed by atoms with Gasteiger partial charge in [-0.15, -0.1) is 11.3 Å². The van der Waals surface area contributed by atoms with Gasteiger partial charge in [0.1, 0.15) is 0 Å². The van der Waals surface area contributed by atoms with Gasteiger partial charge in [-0.3, -0.25) is 4.79 Å². The third kappa shape index (κ3) is 9.77. The van der Waals surface area contributed by atoms with Crippen molar-refractivity contribution in [2.45, 2.75) is 25.7 Å². The Kier molecular flexibility index (Phi) is 11.1. The molecule has 2 rings (SSSR count). The molecule has 9 nitrogen and oxygen atoms in total. The van der Waals surface area contributed by atoms with Crippen LogP contribution >= 0.6 is 11.3 Å². The predicted molar refractivity (Wildman–Crippen MR) is 108 cm³/mol. The van der Waals surface area contributed by atoms with Crippen molar-refractivity contribution >= 4 is 29.1 Å². The first-order valence-electron chi connectivity index (χ1n) is 8.96. The number of nitrogens with zero attached hydrogens (tertiary/aromatic N) is 3. The highest BCUT2D eigenvalue weighted by atomic mass is 32.1. The normalized spacial score (nSPS) is 10.2. The van der Waals surface area contributed by atoms with Gasteiger partial charge in [0.25, 0.3) is 0 Å². The summed E-state index contributed by atoms with van der Waals surface area (Å²) in [5, 5.41) is 17.0.